The highest BCUT2D eigenvalue weighted by molar-refractivity contribution is 7.18. The van der Waals surface area contributed by atoms with Crippen molar-refractivity contribution >= 4 is 45.7 Å². The van der Waals surface area contributed by atoms with Gasteiger partial charge in [0.15, 0.2) is 0 Å². The van der Waals surface area contributed by atoms with Crippen molar-refractivity contribution in [2.45, 2.75) is 26.2 Å². The summed E-state index contributed by atoms with van der Waals surface area (Å²) >= 11 is 6.86. The van der Waals surface area contributed by atoms with Crippen LogP contribution < -0.4 is 11.1 Å². The highest BCUT2D eigenvalue weighted by atomic mass is 35.5. The second kappa shape index (κ2) is 8.33. The molecule has 1 atom stereocenters. The van der Waals surface area contributed by atoms with Crippen LogP contribution in [-0.2, 0) is 9.53 Å². The van der Waals surface area contributed by atoms with E-state index in [4.69, 9.17) is 22.1 Å². The second-order valence-electron chi connectivity index (χ2n) is 5.62. The molecular formula is C18H19ClN2O4S. The number of carbonyl (C=O) groups is 3. The molecule has 2 aromatic rings. The van der Waals surface area contributed by atoms with Crippen LogP contribution in [0.2, 0.25) is 5.02 Å². The number of amides is 2. The Hall–Kier alpha value is -2.38. The van der Waals surface area contributed by atoms with Gasteiger partial charge in [-0.25, -0.2) is 4.79 Å². The molecule has 0 radical (unpaired) electrons. The summed E-state index contributed by atoms with van der Waals surface area (Å²) in [6.45, 7) is 3.48. The lowest BCUT2D eigenvalue weighted by molar-refractivity contribution is -0.117. The number of benzene rings is 1. The number of ether oxygens (including phenoxy) is 1. The minimum absolute atomic E-state index is 0.144. The Kier molecular flexibility index (Phi) is 6.39. The maximum Gasteiger partial charge on any atom is 0.341 e. The quantitative estimate of drug-likeness (QED) is 0.729. The van der Waals surface area contributed by atoms with Crippen LogP contribution >= 0.6 is 22.9 Å². The fraction of sp³-hybridized carbons (Fsp3) is 0.278. The normalized spacial score (nSPS) is 11.7. The van der Waals surface area contributed by atoms with Gasteiger partial charge in [-0.1, -0.05) is 30.7 Å². The Morgan fingerprint density at radius 3 is 2.38 bits per heavy atom. The van der Waals surface area contributed by atoms with Gasteiger partial charge in [0.2, 0.25) is 5.91 Å². The van der Waals surface area contributed by atoms with E-state index < -0.39 is 17.8 Å². The number of hydrogen-bond donors (Lipinski definition) is 2. The summed E-state index contributed by atoms with van der Waals surface area (Å²) in [6, 6.07) is 7.00. The van der Waals surface area contributed by atoms with Gasteiger partial charge in [0.05, 0.1) is 23.5 Å². The van der Waals surface area contributed by atoms with Gasteiger partial charge in [-0.15, -0.1) is 11.3 Å². The molecule has 0 saturated heterocycles. The predicted molar refractivity (Wildman–Crippen MR) is 102 cm³/mol. The van der Waals surface area contributed by atoms with Crippen molar-refractivity contribution in [2.24, 2.45) is 5.73 Å². The number of methoxy groups -OCH3 is 1. The van der Waals surface area contributed by atoms with E-state index in [-0.39, 0.29) is 21.3 Å². The molecule has 2 rings (SSSR count). The van der Waals surface area contributed by atoms with Gasteiger partial charge in [-0.2, -0.15) is 0 Å². The molecule has 0 fully saturated rings. The standard InChI is InChI=1S/C18H19ClN2O4S/c1-4-12(10-5-7-11(19)8-6-10)16(23)21-17-13(18(24)25-3)9(2)14(26-17)15(20)22/h5-8,12H,4H2,1-3H3,(H2,20,22)(H,21,23). The van der Waals surface area contributed by atoms with Gasteiger partial charge in [0, 0.05) is 5.02 Å². The fourth-order valence-electron chi connectivity index (χ4n) is 2.65. The molecule has 1 unspecified atom stereocenters. The number of nitrogens with two attached hydrogens (primary N) is 1. The highest BCUT2D eigenvalue weighted by Gasteiger charge is 2.27. The zero-order valence-corrected chi connectivity index (χ0v) is 16.2. The third kappa shape index (κ3) is 4.05. The Bertz CT molecular complexity index is 846. The molecular weight excluding hydrogens is 376 g/mol. The summed E-state index contributed by atoms with van der Waals surface area (Å²) in [5.74, 6) is -2.03. The molecule has 1 aromatic heterocycles. The van der Waals surface area contributed by atoms with Crippen LogP contribution in [0.1, 0.15) is 50.4 Å². The number of rotatable bonds is 6. The topological polar surface area (TPSA) is 98.5 Å². The smallest absolute Gasteiger partial charge is 0.341 e. The molecule has 0 bridgehead atoms. The maximum atomic E-state index is 12.8. The first-order valence-electron chi connectivity index (χ1n) is 7.87. The molecule has 26 heavy (non-hydrogen) atoms. The average molecular weight is 395 g/mol. The van der Waals surface area contributed by atoms with Crippen molar-refractivity contribution in [2.75, 3.05) is 12.4 Å². The maximum absolute atomic E-state index is 12.8. The van der Waals surface area contributed by atoms with Gasteiger partial charge in [-0.3, -0.25) is 9.59 Å². The fourth-order valence-corrected chi connectivity index (χ4v) is 3.83. The Labute approximate surface area is 160 Å². The molecule has 138 valence electrons. The summed E-state index contributed by atoms with van der Waals surface area (Å²) in [5, 5.41) is 3.58. The van der Waals surface area contributed by atoms with E-state index >= 15 is 0 Å². The number of anilines is 1. The molecule has 0 aliphatic heterocycles. The molecule has 8 heteroatoms. The third-order valence-corrected chi connectivity index (χ3v) is 5.47. The molecule has 0 spiro atoms. The number of carbonyl (C=O) groups excluding carboxylic acids is 3. The number of hydrogen-bond acceptors (Lipinski definition) is 5. The Morgan fingerprint density at radius 1 is 1.27 bits per heavy atom. The lowest BCUT2D eigenvalue weighted by atomic mass is 9.95. The van der Waals surface area contributed by atoms with Crippen molar-refractivity contribution in [1.29, 1.82) is 0 Å². The van der Waals surface area contributed by atoms with Gasteiger partial charge in [0.25, 0.3) is 5.91 Å². The second-order valence-corrected chi connectivity index (χ2v) is 7.07. The number of nitrogens with one attached hydrogen (secondary N) is 1. The first-order chi connectivity index (χ1) is 12.3. The van der Waals surface area contributed by atoms with Crippen LogP contribution in [0.15, 0.2) is 24.3 Å². The molecule has 3 N–H and O–H groups in total. The van der Waals surface area contributed by atoms with Crippen molar-refractivity contribution in [1.82, 2.24) is 0 Å². The van der Waals surface area contributed by atoms with E-state index in [2.05, 4.69) is 5.32 Å². The summed E-state index contributed by atoms with van der Waals surface area (Å²) in [6.07, 6.45) is 0.550. The minimum atomic E-state index is -0.664. The monoisotopic (exact) mass is 394 g/mol. The third-order valence-electron chi connectivity index (χ3n) is 3.99. The zero-order chi connectivity index (χ0) is 19.4. The Morgan fingerprint density at radius 2 is 1.88 bits per heavy atom. The summed E-state index contributed by atoms with van der Waals surface area (Å²) in [5.41, 5.74) is 6.69. The number of primary amides is 1. The first-order valence-corrected chi connectivity index (χ1v) is 9.07. The molecule has 0 aliphatic carbocycles. The lowest BCUT2D eigenvalue weighted by Gasteiger charge is -2.15. The number of esters is 1. The van der Waals surface area contributed by atoms with Crippen LogP contribution in [0.4, 0.5) is 5.00 Å². The average Bonchev–Trinajstić information content (AvgIpc) is 2.93. The Balaban J connectivity index is 2.38. The van der Waals surface area contributed by atoms with Crippen LogP contribution in [-0.4, -0.2) is 24.9 Å². The van der Waals surface area contributed by atoms with Gasteiger partial charge in [-0.05, 0) is 36.6 Å². The highest BCUT2D eigenvalue weighted by Crippen LogP contribution is 2.34. The molecule has 1 aromatic carbocycles. The van der Waals surface area contributed by atoms with Crippen molar-refractivity contribution in [3.63, 3.8) is 0 Å². The first kappa shape index (κ1) is 19.9. The van der Waals surface area contributed by atoms with E-state index in [1.807, 2.05) is 6.92 Å². The van der Waals surface area contributed by atoms with E-state index in [0.29, 0.717) is 17.0 Å². The van der Waals surface area contributed by atoms with E-state index in [0.717, 1.165) is 16.9 Å². The summed E-state index contributed by atoms with van der Waals surface area (Å²) in [4.78, 5) is 36.7. The lowest BCUT2D eigenvalue weighted by Crippen LogP contribution is -2.21. The van der Waals surface area contributed by atoms with Crippen LogP contribution in [0.3, 0.4) is 0 Å². The molecule has 0 saturated carbocycles. The largest absolute Gasteiger partial charge is 0.465 e. The SMILES string of the molecule is CCC(C(=O)Nc1sc(C(N)=O)c(C)c1C(=O)OC)c1ccc(Cl)cc1. The van der Waals surface area contributed by atoms with E-state index in [9.17, 15) is 14.4 Å². The molecule has 6 nitrogen and oxygen atoms in total. The summed E-state index contributed by atoms with van der Waals surface area (Å²) in [7, 11) is 1.23. The van der Waals surface area contributed by atoms with Crippen LogP contribution in [0.25, 0.3) is 0 Å². The number of thiophene rings is 1. The van der Waals surface area contributed by atoms with Gasteiger partial charge < -0.3 is 15.8 Å². The molecule has 1 heterocycles. The van der Waals surface area contributed by atoms with Crippen LogP contribution in [0.5, 0.6) is 0 Å². The van der Waals surface area contributed by atoms with E-state index in [1.165, 1.54) is 7.11 Å². The molecule has 2 amide bonds. The van der Waals surface area contributed by atoms with Gasteiger partial charge in [0.1, 0.15) is 5.00 Å². The summed E-state index contributed by atoms with van der Waals surface area (Å²) < 4.78 is 4.77. The van der Waals surface area contributed by atoms with E-state index in [1.54, 1.807) is 31.2 Å². The van der Waals surface area contributed by atoms with Crippen molar-refractivity contribution in [3.05, 3.63) is 50.9 Å². The predicted octanol–water partition coefficient (Wildman–Crippen LogP) is 3.73. The van der Waals surface area contributed by atoms with Crippen LogP contribution in [0, 0.1) is 6.92 Å². The minimum Gasteiger partial charge on any atom is -0.465 e. The van der Waals surface area contributed by atoms with Crippen molar-refractivity contribution < 1.29 is 19.1 Å². The zero-order valence-electron chi connectivity index (χ0n) is 14.6. The van der Waals surface area contributed by atoms with Gasteiger partial charge >= 0.3 is 5.97 Å². The van der Waals surface area contributed by atoms with Crippen molar-refractivity contribution in [3.8, 4) is 0 Å². The number of halogens is 1. The molecule has 0 aliphatic rings.